The van der Waals surface area contributed by atoms with E-state index in [1.807, 2.05) is 13.0 Å². The molecule has 0 heterocycles. The molecule has 0 aromatic heterocycles. The first-order valence-electron chi connectivity index (χ1n) is 6.56. The van der Waals surface area contributed by atoms with Crippen molar-refractivity contribution >= 4 is 11.8 Å². The molecule has 6 heteroatoms. The summed E-state index contributed by atoms with van der Waals surface area (Å²) in [6.45, 7) is 2.51. The monoisotopic (exact) mass is 307 g/mol. The van der Waals surface area contributed by atoms with E-state index < -0.39 is 5.51 Å². The molecule has 0 saturated heterocycles. The summed E-state index contributed by atoms with van der Waals surface area (Å²) in [4.78, 5) is 0.141. The molecule has 0 unspecified atom stereocenters. The Morgan fingerprint density at radius 1 is 1.25 bits per heavy atom. The highest BCUT2D eigenvalue weighted by molar-refractivity contribution is 8.00. The lowest BCUT2D eigenvalue weighted by molar-refractivity contribution is -0.0328. The molecule has 0 atom stereocenters. The molecule has 0 aliphatic carbocycles. The van der Waals surface area contributed by atoms with Crippen LogP contribution in [0.5, 0.6) is 5.75 Å². The number of halogens is 3. The van der Waals surface area contributed by atoms with Gasteiger partial charge in [0.25, 0.3) is 0 Å². The van der Waals surface area contributed by atoms with Crippen LogP contribution in [-0.4, -0.2) is 19.2 Å². The van der Waals surface area contributed by atoms with Gasteiger partial charge in [0.15, 0.2) is 0 Å². The molecule has 0 amide bonds. The largest absolute Gasteiger partial charge is 0.495 e. The lowest BCUT2D eigenvalue weighted by Crippen LogP contribution is -2.04. The SMILES string of the molecule is CCc1cc(CCCCN)c(OC)c(SC(F)(F)F)c1. The zero-order valence-electron chi connectivity index (χ0n) is 11.7. The number of benzene rings is 1. The van der Waals surface area contributed by atoms with E-state index in [2.05, 4.69) is 0 Å². The van der Waals surface area contributed by atoms with E-state index in [4.69, 9.17) is 10.5 Å². The van der Waals surface area contributed by atoms with Crippen molar-refractivity contribution in [3.05, 3.63) is 23.3 Å². The minimum Gasteiger partial charge on any atom is -0.495 e. The lowest BCUT2D eigenvalue weighted by atomic mass is 10.0. The quantitative estimate of drug-likeness (QED) is 0.607. The van der Waals surface area contributed by atoms with Gasteiger partial charge in [0, 0.05) is 0 Å². The van der Waals surface area contributed by atoms with Gasteiger partial charge in [0.2, 0.25) is 0 Å². The maximum Gasteiger partial charge on any atom is 0.446 e. The van der Waals surface area contributed by atoms with Gasteiger partial charge < -0.3 is 10.5 Å². The number of hydrogen-bond donors (Lipinski definition) is 1. The highest BCUT2D eigenvalue weighted by atomic mass is 32.2. The van der Waals surface area contributed by atoms with E-state index in [-0.39, 0.29) is 16.7 Å². The number of alkyl halides is 3. The third-order valence-electron chi connectivity index (χ3n) is 2.93. The Labute approximate surface area is 121 Å². The fourth-order valence-electron chi connectivity index (χ4n) is 2.00. The van der Waals surface area contributed by atoms with Crippen LogP contribution >= 0.6 is 11.8 Å². The highest BCUT2D eigenvalue weighted by Crippen LogP contribution is 2.43. The smallest absolute Gasteiger partial charge is 0.446 e. The normalized spacial score (nSPS) is 11.7. The van der Waals surface area contributed by atoms with Gasteiger partial charge in [0.05, 0.1) is 12.0 Å². The number of methoxy groups -OCH3 is 1. The van der Waals surface area contributed by atoms with E-state index in [1.54, 1.807) is 6.07 Å². The number of ether oxygens (including phenoxy) is 1. The number of unbranched alkanes of at least 4 members (excludes halogenated alkanes) is 1. The Morgan fingerprint density at radius 3 is 2.45 bits per heavy atom. The molecular weight excluding hydrogens is 287 g/mol. The van der Waals surface area contributed by atoms with Crippen LogP contribution in [0.15, 0.2) is 17.0 Å². The third-order valence-corrected chi connectivity index (χ3v) is 3.68. The fourth-order valence-corrected chi connectivity index (χ4v) is 2.77. The zero-order valence-corrected chi connectivity index (χ0v) is 12.5. The van der Waals surface area contributed by atoms with Crippen molar-refractivity contribution in [2.45, 2.75) is 43.0 Å². The van der Waals surface area contributed by atoms with Gasteiger partial charge in [-0.25, -0.2) is 0 Å². The molecule has 0 saturated carbocycles. The Bertz CT molecular complexity index is 435. The van der Waals surface area contributed by atoms with Crippen LogP contribution in [0, 0.1) is 0 Å². The Kier molecular flexibility index (Phi) is 6.68. The Balaban J connectivity index is 3.10. The molecule has 2 N–H and O–H groups in total. The van der Waals surface area contributed by atoms with E-state index in [9.17, 15) is 13.2 Å². The predicted octanol–water partition coefficient (Wildman–Crippen LogP) is 4.15. The first kappa shape index (κ1) is 17.2. The first-order valence-corrected chi connectivity index (χ1v) is 7.38. The fraction of sp³-hybridized carbons (Fsp3) is 0.571. The molecular formula is C14H20F3NOS. The summed E-state index contributed by atoms with van der Waals surface area (Å²) in [5.41, 5.74) is 2.85. The highest BCUT2D eigenvalue weighted by Gasteiger charge is 2.31. The summed E-state index contributed by atoms with van der Waals surface area (Å²) in [7, 11) is 1.41. The van der Waals surface area contributed by atoms with Crippen molar-refractivity contribution < 1.29 is 17.9 Å². The third kappa shape index (κ3) is 5.25. The molecule has 20 heavy (non-hydrogen) atoms. The van der Waals surface area contributed by atoms with Crippen LogP contribution in [0.3, 0.4) is 0 Å². The average molecular weight is 307 g/mol. The summed E-state index contributed by atoms with van der Waals surface area (Å²) in [6.07, 6.45) is 3.07. The second-order valence-corrected chi connectivity index (χ2v) is 5.54. The standard InChI is InChI=1S/C14H20F3NOS/c1-3-10-8-11(6-4-5-7-18)13(19-2)12(9-10)20-14(15,16)17/h8-9H,3-7,18H2,1-2H3. The second kappa shape index (κ2) is 7.78. The predicted molar refractivity (Wildman–Crippen MR) is 76.3 cm³/mol. The molecule has 1 aromatic carbocycles. The van der Waals surface area contributed by atoms with Crippen LogP contribution in [-0.2, 0) is 12.8 Å². The van der Waals surface area contributed by atoms with Crippen molar-refractivity contribution in [1.29, 1.82) is 0 Å². The Hall–Kier alpha value is -0.880. The van der Waals surface area contributed by atoms with Crippen LogP contribution in [0.1, 0.15) is 30.9 Å². The number of nitrogens with two attached hydrogens (primary N) is 1. The van der Waals surface area contributed by atoms with Crippen molar-refractivity contribution in [2.75, 3.05) is 13.7 Å². The lowest BCUT2D eigenvalue weighted by Gasteiger charge is -2.16. The van der Waals surface area contributed by atoms with Gasteiger partial charge >= 0.3 is 5.51 Å². The van der Waals surface area contributed by atoms with Gasteiger partial charge in [-0.3, -0.25) is 0 Å². The van der Waals surface area contributed by atoms with Crippen LogP contribution in [0.25, 0.3) is 0 Å². The minimum atomic E-state index is -4.31. The van der Waals surface area contributed by atoms with Gasteiger partial charge in [-0.1, -0.05) is 13.0 Å². The van der Waals surface area contributed by atoms with Crippen LogP contribution in [0.2, 0.25) is 0 Å². The number of hydrogen-bond acceptors (Lipinski definition) is 3. The summed E-state index contributed by atoms with van der Waals surface area (Å²) in [5.74, 6) is 0.335. The molecule has 114 valence electrons. The van der Waals surface area contributed by atoms with Crippen LogP contribution < -0.4 is 10.5 Å². The van der Waals surface area contributed by atoms with Crippen molar-refractivity contribution in [3.8, 4) is 5.75 Å². The summed E-state index contributed by atoms with van der Waals surface area (Å²) in [6, 6.07) is 3.49. The Morgan fingerprint density at radius 2 is 1.95 bits per heavy atom. The van der Waals surface area contributed by atoms with Crippen LogP contribution in [0.4, 0.5) is 13.2 Å². The second-order valence-electron chi connectivity index (χ2n) is 4.43. The van der Waals surface area contributed by atoms with Gasteiger partial charge in [-0.05, 0) is 61.2 Å². The van der Waals surface area contributed by atoms with Gasteiger partial charge in [-0.15, -0.1) is 0 Å². The molecule has 0 bridgehead atoms. The van der Waals surface area contributed by atoms with Crippen molar-refractivity contribution in [3.63, 3.8) is 0 Å². The van der Waals surface area contributed by atoms with Crippen molar-refractivity contribution in [1.82, 2.24) is 0 Å². The zero-order chi connectivity index (χ0) is 15.2. The average Bonchev–Trinajstić information content (AvgIpc) is 2.36. The molecule has 0 aliphatic rings. The molecule has 0 radical (unpaired) electrons. The van der Waals surface area contributed by atoms with E-state index in [0.717, 1.165) is 24.0 Å². The number of thioether (sulfide) groups is 1. The van der Waals surface area contributed by atoms with Gasteiger partial charge in [-0.2, -0.15) is 13.2 Å². The first-order chi connectivity index (χ1) is 9.41. The van der Waals surface area contributed by atoms with E-state index >= 15 is 0 Å². The maximum absolute atomic E-state index is 12.6. The topological polar surface area (TPSA) is 35.2 Å². The summed E-state index contributed by atoms with van der Waals surface area (Å²) >= 11 is -0.115. The minimum absolute atomic E-state index is 0.115. The van der Waals surface area contributed by atoms with Crippen molar-refractivity contribution in [2.24, 2.45) is 5.73 Å². The molecule has 2 nitrogen and oxygen atoms in total. The summed E-state index contributed by atoms with van der Waals surface area (Å²) in [5, 5.41) is 0. The molecule has 1 rings (SSSR count). The molecule has 0 spiro atoms. The number of aryl methyl sites for hydroxylation is 2. The number of rotatable bonds is 7. The summed E-state index contributed by atoms with van der Waals surface area (Å²) < 4.78 is 43.1. The molecule has 0 aliphatic heterocycles. The van der Waals surface area contributed by atoms with E-state index in [0.29, 0.717) is 25.1 Å². The molecule has 1 aromatic rings. The van der Waals surface area contributed by atoms with E-state index in [1.165, 1.54) is 7.11 Å². The van der Waals surface area contributed by atoms with Gasteiger partial charge in [0.1, 0.15) is 5.75 Å². The molecule has 0 fully saturated rings. The maximum atomic E-state index is 12.6.